The molecule has 70 valence electrons. The Morgan fingerprint density at radius 2 is 2.23 bits per heavy atom. The SMILES string of the molecule is Nc1cc(Cl)n[c-]c1[N+](=O)[O-].P.[U]. The van der Waals surface area contributed by atoms with Crippen LogP contribution < -0.4 is 5.73 Å². The summed E-state index contributed by atoms with van der Waals surface area (Å²) < 4.78 is 0. The minimum absolute atomic E-state index is 0. The first-order chi connectivity index (χ1) is 5.11. The van der Waals surface area contributed by atoms with Gasteiger partial charge in [0.1, 0.15) is 0 Å². The fourth-order valence-corrected chi connectivity index (χ4v) is 0.706. The molecular weight excluding hydrogens is 439 g/mol. The Labute approximate surface area is 107 Å². The predicted molar refractivity (Wildman–Crippen MR) is 50.3 cm³/mol. The third kappa shape index (κ3) is 4.24. The molecule has 0 aliphatic rings. The number of nitrogens with two attached hydrogens (primary N) is 1. The van der Waals surface area contributed by atoms with Crippen LogP contribution in [-0.2, 0) is 0 Å². The van der Waals surface area contributed by atoms with Gasteiger partial charge in [-0.3, -0.25) is 10.1 Å². The molecule has 0 radical (unpaired) electrons. The van der Waals surface area contributed by atoms with Gasteiger partial charge in [-0.15, -0.1) is 17.7 Å². The van der Waals surface area contributed by atoms with Gasteiger partial charge in [-0.2, -0.15) is 9.90 Å². The first-order valence-corrected chi connectivity index (χ1v) is 2.97. The molecule has 0 saturated carbocycles. The maximum Gasteiger partial charge on any atom is 0.203 e. The summed E-state index contributed by atoms with van der Waals surface area (Å²) in [7, 11) is 0. The number of nitrogen functional groups attached to an aromatic ring is 1. The normalized spacial score (nSPS) is 8.08. The Bertz CT molecular complexity index is 312. The van der Waals surface area contributed by atoms with Crippen molar-refractivity contribution >= 4 is 32.9 Å². The summed E-state index contributed by atoms with van der Waals surface area (Å²) in [5.74, 6) is 0. The van der Waals surface area contributed by atoms with Crippen molar-refractivity contribution in [2.45, 2.75) is 0 Å². The topological polar surface area (TPSA) is 82.0 Å². The van der Waals surface area contributed by atoms with E-state index in [-0.39, 0.29) is 57.5 Å². The second kappa shape index (κ2) is 6.56. The van der Waals surface area contributed by atoms with E-state index in [4.69, 9.17) is 17.3 Å². The summed E-state index contributed by atoms with van der Waals surface area (Å²) in [6.45, 7) is 0. The largest absolute Gasteiger partial charge is 0.444 e. The molecule has 0 saturated heterocycles. The predicted octanol–water partition coefficient (Wildman–Crippen LogP) is 1.08. The van der Waals surface area contributed by atoms with Gasteiger partial charge in [0.15, 0.2) is 0 Å². The molecule has 1 unspecified atom stereocenters. The number of aromatic nitrogens is 1. The first kappa shape index (κ1) is 15.6. The summed E-state index contributed by atoms with van der Waals surface area (Å²) in [6.07, 6.45) is 2.10. The second-order valence-corrected chi connectivity index (χ2v) is 2.14. The number of nitro groups is 1. The molecule has 2 N–H and O–H groups in total. The van der Waals surface area contributed by atoms with E-state index >= 15 is 0 Å². The molecular formula is C5H6ClN3O2PU-. The van der Waals surface area contributed by atoms with Gasteiger partial charge in [0.05, 0.1) is 0 Å². The van der Waals surface area contributed by atoms with Crippen LogP contribution in [0.25, 0.3) is 0 Å². The molecule has 0 aromatic carbocycles. The van der Waals surface area contributed by atoms with Crippen molar-refractivity contribution in [1.29, 1.82) is 0 Å². The second-order valence-electron chi connectivity index (χ2n) is 1.75. The summed E-state index contributed by atoms with van der Waals surface area (Å²) in [4.78, 5) is 12.9. The van der Waals surface area contributed by atoms with Gasteiger partial charge in [-0.1, -0.05) is 0 Å². The number of nitrogens with zero attached hydrogens (tertiary/aromatic N) is 2. The zero-order valence-electron chi connectivity index (χ0n) is 6.45. The van der Waals surface area contributed by atoms with Crippen molar-refractivity contribution in [3.63, 3.8) is 0 Å². The van der Waals surface area contributed by atoms with Crippen LogP contribution in [0.15, 0.2) is 6.07 Å². The summed E-state index contributed by atoms with van der Waals surface area (Å²) in [6, 6.07) is 1.20. The van der Waals surface area contributed by atoms with E-state index in [0.717, 1.165) is 0 Å². The van der Waals surface area contributed by atoms with E-state index in [1.807, 2.05) is 0 Å². The van der Waals surface area contributed by atoms with Crippen LogP contribution in [0.2, 0.25) is 5.15 Å². The molecule has 8 heteroatoms. The number of anilines is 1. The Balaban J connectivity index is 0. The monoisotopic (exact) mass is 444 g/mol. The molecule has 1 aromatic heterocycles. The minimum atomic E-state index is -0.668. The molecule has 1 heterocycles. The first-order valence-electron chi connectivity index (χ1n) is 2.59. The van der Waals surface area contributed by atoms with Gasteiger partial charge in [-0.05, 0) is 0 Å². The van der Waals surface area contributed by atoms with Gasteiger partial charge in [0.25, 0.3) is 0 Å². The molecule has 5 nitrogen and oxygen atoms in total. The number of hydrogen-bond acceptors (Lipinski definition) is 4. The van der Waals surface area contributed by atoms with Crippen molar-refractivity contribution in [2.75, 3.05) is 5.73 Å². The van der Waals surface area contributed by atoms with Gasteiger partial charge in [0.2, 0.25) is 5.69 Å². The van der Waals surface area contributed by atoms with Gasteiger partial charge in [-0.25, -0.2) is 0 Å². The molecule has 1 atom stereocenters. The van der Waals surface area contributed by atoms with Crippen LogP contribution >= 0.6 is 21.5 Å². The Morgan fingerprint density at radius 1 is 1.69 bits per heavy atom. The molecule has 0 aliphatic carbocycles. The van der Waals surface area contributed by atoms with E-state index in [0.29, 0.717) is 0 Å². The molecule has 0 spiro atoms. The van der Waals surface area contributed by atoms with Crippen molar-refractivity contribution in [2.24, 2.45) is 0 Å². The van der Waals surface area contributed by atoms with E-state index < -0.39 is 4.92 Å². The average Bonchev–Trinajstić information content (AvgIpc) is 1.85. The van der Waals surface area contributed by atoms with E-state index in [1.165, 1.54) is 6.07 Å². The number of rotatable bonds is 1. The van der Waals surface area contributed by atoms with E-state index in [9.17, 15) is 10.1 Å². The fraction of sp³-hybridized carbons (Fsp3) is 0. The molecule has 1 rings (SSSR count). The maximum absolute atomic E-state index is 10.1. The Morgan fingerprint density at radius 3 is 2.62 bits per heavy atom. The summed E-state index contributed by atoms with van der Waals surface area (Å²) in [5, 5.41) is 10.2. The van der Waals surface area contributed by atoms with Crippen molar-refractivity contribution in [1.82, 2.24) is 4.98 Å². The van der Waals surface area contributed by atoms with Crippen molar-refractivity contribution in [3.8, 4) is 0 Å². The van der Waals surface area contributed by atoms with Gasteiger partial charge < -0.3 is 10.7 Å². The molecule has 0 bridgehead atoms. The molecule has 0 aliphatic heterocycles. The molecule has 13 heavy (non-hydrogen) atoms. The number of hydrogen-bond donors (Lipinski definition) is 1. The Hall–Kier alpha value is 0.122. The van der Waals surface area contributed by atoms with Crippen LogP contribution in [0.3, 0.4) is 0 Å². The van der Waals surface area contributed by atoms with Crippen molar-refractivity contribution < 1.29 is 36.0 Å². The van der Waals surface area contributed by atoms with Crippen LogP contribution in [0.1, 0.15) is 0 Å². The molecule has 1 aromatic rings. The van der Waals surface area contributed by atoms with E-state index in [1.54, 1.807) is 0 Å². The Kier molecular flexibility index (Phi) is 7.86. The van der Waals surface area contributed by atoms with Gasteiger partial charge in [0, 0.05) is 53.1 Å². The zero-order chi connectivity index (χ0) is 8.43. The third-order valence-corrected chi connectivity index (χ3v) is 1.19. The van der Waals surface area contributed by atoms with Crippen LogP contribution in [0, 0.1) is 47.4 Å². The maximum atomic E-state index is 10.1. The molecule has 0 amide bonds. The van der Waals surface area contributed by atoms with Crippen LogP contribution in [0.4, 0.5) is 11.4 Å². The minimum Gasteiger partial charge on any atom is -0.444 e. The number of pyridine rings is 1. The van der Waals surface area contributed by atoms with Crippen LogP contribution in [0.5, 0.6) is 0 Å². The van der Waals surface area contributed by atoms with Crippen molar-refractivity contribution in [3.05, 3.63) is 27.5 Å². The smallest absolute Gasteiger partial charge is 0.203 e. The zero-order valence-corrected chi connectivity index (χ0v) is 12.8. The quantitative estimate of drug-likeness (QED) is 0.231. The number of halogens is 1. The summed E-state index contributed by atoms with van der Waals surface area (Å²) in [5.41, 5.74) is 4.84. The van der Waals surface area contributed by atoms with Gasteiger partial charge >= 0.3 is 0 Å². The standard InChI is InChI=1S/C5H3ClN3O2.H3P.U/c6-5-1-3(7)4(2-8-5)9(10)11;;/h1H,(H2,7,8);1H3;/q-1;;. The van der Waals surface area contributed by atoms with E-state index in [2.05, 4.69) is 11.2 Å². The fourth-order valence-electron chi connectivity index (χ4n) is 0.546. The van der Waals surface area contributed by atoms with Crippen LogP contribution in [-0.4, -0.2) is 9.91 Å². The molecule has 0 fully saturated rings. The average molecular weight is 445 g/mol. The summed E-state index contributed by atoms with van der Waals surface area (Å²) >= 11 is 5.38. The third-order valence-electron chi connectivity index (χ3n) is 0.999.